The largest absolute Gasteiger partial charge is 0.419 e. The summed E-state index contributed by atoms with van der Waals surface area (Å²) in [5, 5.41) is 2.88. The molecular formula is C12H13F4NO. The van der Waals surface area contributed by atoms with Crippen LogP contribution in [0.5, 0.6) is 0 Å². The second kappa shape index (κ2) is 5.14. The van der Waals surface area contributed by atoms with E-state index in [1.165, 1.54) is 6.07 Å². The molecule has 2 rings (SSSR count). The number of halogens is 4. The van der Waals surface area contributed by atoms with Gasteiger partial charge in [0.2, 0.25) is 0 Å². The SMILES string of the molecule is Fc1ccc(NCC2CCOC2)cc1C(F)(F)F. The van der Waals surface area contributed by atoms with Crippen LogP contribution in [0.4, 0.5) is 23.2 Å². The summed E-state index contributed by atoms with van der Waals surface area (Å²) in [6.45, 7) is 1.83. The molecule has 1 aromatic carbocycles. The monoisotopic (exact) mass is 263 g/mol. The molecule has 6 heteroatoms. The number of hydrogen-bond acceptors (Lipinski definition) is 2. The summed E-state index contributed by atoms with van der Waals surface area (Å²) < 4.78 is 55.6. The fraction of sp³-hybridized carbons (Fsp3) is 0.500. The zero-order chi connectivity index (χ0) is 13.2. The normalized spacial score (nSPS) is 20.1. The smallest absolute Gasteiger partial charge is 0.385 e. The van der Waals surface area contributed by atoms with Gasteiger partial charge in [-0.15, -0.1) is 0 Å². The number of nitrogens with one attached hydrogen (secondary N) is 1. The van der Waals surface area contributed by atoms with E-state index in [1.807, 2.05) is 0 Å². The van der Waals surface area contributed by atoms with Gasteiger partial charge in [-0.2, -0.15) is 13.2 Å². The Bertz CT molecular complexity index is 413. The van der Waals surface area contributed by atoms with E-state index in [2.05, 4.69) is 5.32 Å². The number of ether oxygens (including phenoxy) is 1. The second-order valence-corrected chi connectivity index (χ2v) is 4.30. The van der Waals surface area contributed by atoms with Gasteiger partial charge in [0.1, 0.15) is 5.82 Å². The van der Waals surface area contributed by atoms with Gasteiger partial charge in [0.15, 0.2) is 0 Å². The van der Waals surface area contributed by atoms with E-state index < -0.39 is 17.6 Å². The highest BCUT2D eigenvalue weighted by Gasteiger charge is 2.34. The van der Waals surface area contributed by atoms with E-state index in [0.29, 0.717) is 25.7 Å². The first-order valence-electron chi connectivity index (χ1n) is 5.65. The maximum absolute atomic E-state index is 13.0. The first kappa shape index (κ1) is 13.1. The van der Waals surface area contributed by atoms with Gasteiger partial charge in [0.05, 0.1) is 12.2 Å². The van der Waals surface area contributed by atoms with Crippen LogP contribution in [-0.4, -0.2) is 19.8 Å². The lowest BCUT2D eigenvalue weighted by molar-refractivity contribution is -0.139. The lowest BCUT2D eigenvalue weighted by Crippen LogP contribution is -2.15. The second-order valence-electron chi connectivity index (χ2n) is 4.30. The van der Waals surface area contributed by atoms with Crippen molar-refractivity contribution in [2.45, 2.75) is 12.6 Å². The minimum Gasteiger partial charge on any atom is -0.385 e. The lowest BCUT2D eigenvalue weighted by Gasteiger charge is -2.13. The Balaban J connectivity index is 2.04. The summed E-state index contributed by atoms with van der Waals surface area (Å²) in [5.41, 5.74) is -0.967. The van der Waals surface area contributed by atoms with Crippen LogP contribution in [-0.2, 0) is 10.9 Å². The molecule has 2 nitrogen and oxygen atoms in total. The average Bonchev–Trinajstić information content (AvgIpc) is 2.79. The highest BCUT2D eigenvalue weighted by Crippen LogP contribution is 2.33. The van der Waals surface area contributed by atoms with Crippen molar-refractivity contribution >= 4 is 5.69 Å². The van der Waals surface area contributed by atoms with Crippen LogP contribution < -0.4 is 5.32 Å². The number of alkyl halides is 3. The topological polar surface area (TPSA) is 21.3 Å². The van der Waals surface area contributed by atoms with Crippen molar-refractivity contribution in [3.05, 3.63) is 29.6 Å². The fourth-order valence-electron chi connectivity index (χ4n) is 1.86. The molecule has 0 spiro atoms. The van der Waals surface area contributed by atoms with Gasteiger partial charge in [-0.05, 0) is 24.6 Å². The maximum atomic E-state index is 13.0. The predicted molar refractivity (Wildman–Crippen MR) is 58.8 cm³/mol. The highest BCUT2D eigenvalue weighted by atomic mass is 19.4. The van der Waals surface area contributed by atoms with Crippen LogP contribution in [0.1, 0.15) is 12.0 Å². The predicted octanol–water partition coefficient (Wildman–Crippen LogP) is 3.29. The maximum Gasteiger partial charge on any atom is 0.419 e. The molecule has 0 aliphatic carbocycles. The van der Waals surface area contributed by atoms with Crippen LogP contribution in [0.3, 0.4) is 0 Å². The van der Waals surface area contributed by atoms with Crippen molar-refractivity contribution in [2.24, 2.45) is 5.92 Å². The number of benzene rings is 1. The molecule has 0 bridgehead atoms. The third kappa shape index (κ3) is 3.13. The van der Waals surface area contributed by atoms with E-state index in [4.69, 9.17) is 4.74 Å². The molecule has 0 amide bonds. The minimum atomic E-state index is -4.67. The average molecular weight is 263 g/mol. The molecule has 100 valence electrons. The van der Waals surface area contributed by atoms with E-state index in [1.54, 1.807) is 0 Å². The first-order valence-corrected chi connectivity index (χ1v) is 5.65. The van der Waals surface area contributed by atoms with Crippen LogP contribution in [0, 0.1) is 11.7 Å². The number of anilines is 1. The Kier molecular flexibility index (Phi) is 3.75. The molecule has 0 radical (unpaired) electrons. The van der Waals surface area contributed by atoms with E-state index in [0.717, 1.165) is 18.6 Å². The van der Waals surface area contributed by atoms with Crippen molar-refractivity contribution in [3.8, 4) is 0 Å². The van der Waals surface area contributed by atoms with Crippen LogP contribution in [0.15, 0.2) is 18.2 Å². The zero-order valence-corrected chi connectivity index (χ0v) is 9.56. The van der Waals surface area contributed by atoms with Crippen molar-refractivity contribution in [1.82, 2.24) is 0 Å². The Hall–Kier alpha value is -1.30. The van der Waals surface area contributed by atoms with E-state index >= 15 is 0 Å². The molecule has 1 aromatic rings. The summed E-state index contributed by atoms with van der Waals surface area (Å²) in [6.07, 6.45) is -3.78. The highest BCUT2D eigenvalue weighted by molar-refractivity contribution is 5.47. The Morgan fingerprint density at radius 1 is 1.33 bits per heavy atom. The molecular weight excluding hydrogens is 250 g/mol. The molecule has 1 N–H and O–H groups in total. The summed E-state index contributed by atoms with van der Waals surface area (Å²) in [4.78, 5) is 0. The van der Waals surface area contributed by atoms with E-state index in [-0.39, 0.29) is 5.69 Å². The standard InChI is InChI=1S/C12H13F4NO/c13-11-2-1-9(5-10(11)12(14,15)16)17-6-8-3-4-18-7-8/h1-2,5,8,17H,3-4,6-7H2. The third-order valence-electron chi connectivity index (χ3n) is 2.89. The van der Waals surface area contributed by atoms with Gasteiger partial charge in [0, 0.05) is 24.8 Å². The minimum absolute atomic E-state index is 0.274. The lowest BCUT2D eigenvalue weighted by atomic mass is 10.1. The van der Waals surface area contributed by atoms with Gasteiger partial charge in [0.25, 0.3) is 0 Å². The van der Waals surface area contributed by atoms with Crippen molar-refractivity contribution in [2.75, 3.05) is 25.1 Å². The number of rotatable bonds is 3. The van der Waals surface area contributed by atoms with E-state index in [9.17, 15) is 17.6 Å². The fourth-order valence-corrected chi connectivity index (χ4v) is 1.86. The van der Waals surface area contributed by atoms with Gasteiger partial charge in [-0.3, -0.25) is 0 Å². The molecule has 0 saturated carbocycles. The van der Waals surface area contributed by atoms with Gasteiger partial charge >= 0.3 is 6.18 Å². The van der Waals surface area contributed by atoms with Crippen molar-refractivity contribution in [1.29, 1.82) is 0 Å². The quantitative estimate of drug-likeness (QED) is 0.845. The molecule has 1 atom stereocenters. The Morgan fingerprint density at radius 2 is 2.11 bits per heavy atom. The van der Waals surface area contributed by atoms with Crippen LogP contribution in [0.2, 0.25) is 0 Å². The molecule has 1 saturated heterocycles. The summed E-state index contributed by atoms with van der Waals surface area (Å²) in [5.74, 6) is -0.957. The Labute approximate surface area is 102 Å². The molecule has 1 aliphatic heterocycles. The summed E-state index contributed by atoms with van der Waals surface area (Å²) >= 11 is 0. The van der Waals surface area contributed by atoms with Gasteiger partial charge < -0.3 is 10.1 Å². The van der Waals surface area contributed by atoms with Crippen LogP contribution in [0.25, 0.3) is 0 Å². The summed E-state index contributed by atoms with van der Waals surface area (Å²) in [6, 6.07) is 2.93. The molecule has 1 aliphatic rings. The number of hydrogen-bond donors (Lipinski definition) is 1. The molecule has 1 unspecified atom stereocenters. The molecule has 1 heterocycles. The molecule has 1 fully saturated rings. The van der Waals surface area contributed by atoms with Crippen molar-refractivity contribution in [3.63, 3.8) is 0 Å². The van der Waals surface area contributed by atoms with Crippen molar-refractivity contribution < 1.29 is 22.3 Å². The third-order valence-corrected chi connectivity index (χ3v) is 2.89. The van der Waals surface area contributed by atoms with Gasteiger partial charge in [-0.1, -0.05) is 0 Å². The molecule has 18 heavy (non-hydrogen) atoms. The molecule has 0 aromatic heterocycles. The zero-order valence-electron chi connectivity index (χ0n) is 9.56. The van der Waals surface area contributed by atoms with Gasteiger partial charge in [-0.25, -0.2) is 4.39 Å². The van der Waals surface area contributed by atoms with Crippen LogP contribution >= 0.6 is 0 Å². The first-order chi connectivity index (χ1) is 8.47. The summed E-state index contributed by atoms with van der Waals surface area (Å²) in [7, 11) is 0. The Morgan fingerprint density at radius 3 is 2.72 bits per heavy atom.